The van der Waals surface area contributed by atoms with E-state index < -0.39 is 0 Å². The van der Waals surface area contributed by atoms with Gasteiger partial charge in [-0.1, -0.05) is 26.7 Å². The molecule has 2 aliphatic heterocycles. The normalized spacial score (nSPS) is 25.6. The van der Waals surface area contributed by atoms with Crippen molar-refractivity contribution in [3.8, 4) is 0 Å². The molecule has 29 heavy (non-hydrogen) atoms. The summed E-state index contributed by atoms with van der Waals surface area (Å²) in [6, 6.07) is 0.778. The van der Waals surface area contributed by atoms with Crippen molar-refractivity contribution in [2.45, 2.75) is 64.5 Å². The molecule has 0 aromatic carbocycles. The number of hydrogen-bond acceptors (Lipinski definition) is 4. The number of ether oxygens (including phenoxy) is 1. The predicted molar refractivity (Wildman–Crippen MR) is 117 cm³/mol. The number of nitrogens with zero attached hydrogens (tertiary/aromatic N) is 3. The molecule has 0 aromatic heterocycles. The number of morpholine rings is 1. The number of guanidine groups is 1. The van der Waals surface area contributed by atoms with Crippen molar-refractivity contribution < 1.29 is 9.53 Å². The Morgan fingerprint density at radius 1 is 1.14 bits per heavy atom. The number of carbonyl (C=O) groups is 1. The molecule has 0 radical (unpaired) electrons. The van der Waals surface area contributed by atoms with Crippen LogP contribution < -0.4 is 10.6 Å². The first-order valence-corrected chi connectivity index (χ1v) is 11.6. The quantitative estimate of drug-likeness (QED) is 0.497. The Balaban J connectivity index is 1.46. The summed E-state index contributed by atoms with van der Waals surface area (Å²) in [5.74, 6) is 2.16. The van der Waals surface area contributed by atoms with Crippen molar-refractivity contribution in [3.63, 3.8) is 0 Å². The molecule has 2 atom stereocenters. The van der Waals surface area contributed by atoms with Crippen molar-refractivity contribution in [2.24, 2.45) is 16.8 Å². The maximum absolute atomic E-state index is 12.7. The number of likely N-dealkylation sites (tertiary alicyclic amines) is 1. The van der Waals surface area contributed by atoms with Gasteiger partial charge in [0.25, 0.3) is 0 Å². The van der Waals surface area contributed by atoms with Crippen molar-refractivity contribution in [1.82, 2.24) is 20.4 Å². The third-order valence-corrected chi connectivity index (χ3v) is 6.58. The molecule has 3 fully saturated rings. The minimum Gasteiger partial charge on any atom is -0.379 e. The molecule has 0 bridgehead atoms. The average Bonchev–Trinajstić information content (AvgIpc) is 3.42. The van der Waals surface area contributed by atoms with Crippen LogP contribution in [0.25, 0.3) is 0 Å². The molecule has 2 N–H and O–H groups in total. The van der Waals surface area contributed by atoms with E-state index in [4.69, 9.17) is 4.74 Å². The zero-order chi connectivity index (χ0) is 20.6. The Bertz CT molecular complexity index is 541. The van der Waals surface area contributed by atoms with Crippen LogP contribution in [0.3, 0.4) is 0 Å². The summed E-state index contributed by atoms with van der Waals surface area (Å²) >= 11 is 0. The van der Waals surface area contributed by atoms with Crippen LogP contribution in [0.1, 0.15) is 52.4 Å². The summed E-state index contributed by atoms with van der Waals surface area (Å²) < 4.78 is 5.53. The van der Waals surface area contributed by atoms with E-state index in [1.54, 1.807) is 0 Å². The fourth-order valence-corrected chi connectivity index (χ4v) is 4.96. The van der Waals surface area contributed by atoms with Crippen LogP contribution in [-0.4, -0.2) is 86.7 Å². The van der Waals surface area contributed by atoms with Crippen molar-refractivity contribution >= 4 is 11.9 Å². The van der Waals surface area contributed by atoms with Gasteiger partial charge in [-0.15, -0.1) is 0 Å². The van der Waals surface area contributed by atoms with Crippen LogP contribution in [0.5, 0.6) is 0 Å². The van der Waals surface area contributed by atoms with Crippen molar-refractivity contribution in [1.29, 1.82) is 0 Å². The van der Waals surface area contributed by atoms with Crippen LogP contribution >= 0.6 is 0 Å². The van der Waals surface area contributed by atoms with E-state index in [0.29, 0.717) is 23.9 Å². The average molecular weight is 408 g/mol. The van der Waals surface area contributed by atoms with E-state index in [1.807, 2.05) is 7.05 Å². The van der Waals surface area contributed by atoms with Gasteiger partial charge in [-0.3, -0.25) is 14.7 Å². The summed E-state index contributed by atoms with van der Waals surface area (Å²) in [7, 11) is 1.83. The van der Waals surface area contributed by atoms with Gasteiger partial charge >= 0.3 is 0 Å². The van der Waals surface area contributed by atoms with Gasteiger partial charge in [-0.25, -0.2) is 0 Å². The Morgan fingerprint density at radius 3 is 2.52 bits per heavy atom. The number of aliphatic imine (C=N–C) groups is 1. The SMILES string of the molecule is CN=C(NCC(CC(C)C)N1CCOCC1)NC1CCN(C(=O)C2CCCC2)C1. The van der Waals surface area contributed by atoms with Crippen LogP contribution in [0, 0.1) is 11.8 Å². The van der Waals surface area contributed by atoms with E-state index in [2.05, 4.69) is 39.3 Å². The summed E-state index contributed by atoms with van der Waals surface area (Å²) in [6.45, 7) is 10.8. The maximum atomic E-state index is 12.7. The Kier molecular flexibility index (Phi) is 8.60. The largest absolute Gasteiger partial charge is 0.379 e. The number of nitrogens with one attached hydrogen (secondary N) is 2. The maximum Gasteiger partial charge on any atom is 0.225 e. The molecule has 7 heteroatoms. The monoisotopic (exact) mass is 407 g/mol. The predicted octanol–water partition coefficient (Wildman–Crippen LogP) is 1.69. The van der Waals surface area contributed by atoms with Crippen LogP contribution in [0.2, 0.25) is 0 Å². The second-order valence-electron chi connectivity index (χ2n) is 9.28. The molecule has 3 rings (SSSR count). The van der Waals surface area contributed by atoms with Gasteiger partial charge in [0.15, 0.2) is 5.96 Å². The van der Waals surface area contributed by atoms with Gasteiger partial charge < -0.3 is 20.3 Å². The first kappa shape index (κ1) is 22.3. The first-order chi connectivity index (χ1) is 14.1. The van der Waals surface area contributed by atoms with Gasteiger partial charge in [0, 0.05) is 57.8 Å². The lowest BCUT2D eigenvalue weighted by atomic mass is 10.0. The van der Waals surface area contributed by atoms with Crippen molar-refractivity contribution in [2.75, 3.05) is 53.0 Å². The van der Waals surface area contributed by atoms with Gasteiger partial charge in [0.05, 0.1) is 13.2 Å². The van der Waals surface area contributed by atoms with E-state index in [9.17, 15) is 4.79 Å². The molecule has 166 valence electrons. The van der Waals surface area contributed by atoms with E-state index in [1.165, 1.54) is 12.8 Å². The van der Waals surface area contributed by atoms with E-state index in [-0.39, 0.29) is 5.92 Å². The number of rotatable bonds is 7. The Labute approximate surface area is 176 Å². The highest BCUT2D eigenvalue weighted by molar-refractivity contribution is 5.81. The highest BCUT2D eigenvalue weighted by atomic mass is 16.5. The molecule has 2 unspecified atom stereocenters. The minimum atomic E-state index is 0.275. The van der Waals surface area contributed by atoms with E-state index in [0.717, 1.165) is 77.6 Å². The standard InChI is InChI=1S/C22H41N5O2/c1-17(2)14-20(26-10-12-29-13-11-26)15-24-22(23-3)25-19-8-9-27(16-19)21(28)18-6-4-5-7-18/h17-20H,4-16H2,1-3H3,(H2,23,24,25). The zero-order valence-corrected chi connectivity index (χ0v) is 18.7. The summed E-state index contributed by atoms with van der Waals surface area (Å²) in [5.41, 5.74) is 0. The molecule has 0 aromatic rings. The lowest BCUT2D eigenvalue weighted by molar-refractivity contribution is -0.134. The highest BCUT2D eigenvalue weighted by Crippen LogP contribution is 2.27. The molecular formula is C22H41N5O2. The first-order valence-electron chi connectivity index (χ1n) is 11.6. The fourth-order valence-electron chi connectivity index (χ4n) is 4.96. The molecule has 2 saturated heterocycles. The molecule has 2 heterocycles. The van der Waals surface area contributed by atoms with Crippen LogP contribution in [0.15, 0.2) is 4.99 Å². The van der Waals surface area contributed by atoms with Gasteiger partial charge in [0.2, 0.25) is 5.91 Å². The lowest BCUT2D eigenvalue weighted by Crippen LogP contribution is -2.52. The lowest BCUT2D eigenvalue weighted by Gasteiger charge is -2.36. The summed E-state index contributed by atoms with van der Waals surface area (Å²) in [6.07, 6.45) is 6.74. The number of hydrogen-bond donors (Lipinski definition) is 2. The molecule has 7 nitrogen and oxygen atoms in total. The second-order valence-corrected chi connectivity index (χ2v) is 9.28. The Hall–Kier alpha value is -1.34. The second kappa shape index (κ2) is 11.2. The smallest absolute Gasteiger partial charge is 0.225 e. The molecule has 1 aliphatic carbocycles. The van der Waals surface area contributed by atoms with Gasteiger partial charge in [0.1, 0.15) is 0 Å². The topological polar surface area (TPSA) is 69.2 Å². The van der Waals surface area contributed by atoms with Crippen LogP contribution in [0.4, 0.5) is 0 Å². The molecule has 1 amide bonds. The van der Waals surface area contributed by atoms with Gasteiger partial charge in [-0.2, -0.15) is 0 Å². The third kappa shape index (κ3) is 6.57. The minimum absolute atomic E-state index is 0.275. The molecular weight excluding hydrogens is 366 g/mol. The van der Waals surface area contributed by atoms with Crippen molar-refractivity contribution in [3.05, 3.63) is 0 Å². The molecule has 1 saturated carbocycles. The molecule has 0 spiro atoms. The number of amides is 1. The van der Waals surface area contributed by atoms with E-state index >= 15 is 0 Å². The van der Waals surface area contributed by atoms with Gasteiger partial charge in [-0.05, 0) is 31.6 Å². The molecule has 3 aliphatic rings. The zero-order valence-electron chi connectivity index (χ0n) is 18.7. The summed E-state index contributed by atoms with van der Waals surface area (Å²) in [5, 5.41) is 7.11. The Morgan fingerprint density at radius 2 is 1.86 bits per heavy atom. The third-order valence-electron chi connectivity index (χ3n) is 6.58. The number of carbonyl (C=O) groups excluding carboxylic acids is 1. The summed E-state index contributed by atoms with van der Waals surface area (Å²) in [4.78, 5) is 21.7. The highest BCUT2D eigenvalue weighted by Gasteiger charge is 2.32. The van der Waals surface area contributed by atoms with Crippen LogP contribution in [-0.2, 0) is 9.53 Å². The fraction of sp³-hybridized carbons (Fsp3) is 0.909.